The zero-order valence-corrected chi connectivity index (χ0v) is 5.93. The van der Waals surface area contributed by atoms with Crippen molar-refractivity contribution in [2.45, 2.75) is 32.5 Å². The first-order chi connectivity index (χ1) is 4.43. The third-order valence-electron chi connectivity index (χ3n) is 1.48. The van der Waals surface area contributed by atoms with Crippen molar-refractivity contribution >= 4 is 0 Å². The van der Waals surface area contributed by atoms with Crippen molar-refractivity contribution in [2.75, 3.05) is 13.2 Å². The predicted molar refractivity (Wildman–Crippen MR) is 35.2 cm³/mol. The largest absolute Gasteiger partial charge is 0.353 e. The van der Waals surface area contributed by atoms with Crippen molar-refractivity contribution in [2.24, 2.45) is 0 Å². The van der Waals surface area contributed by atoms with E-state index in [1.54, 1.807) is 0 Å². The highest BCUT2D eigenvalue weighted by Gasteiger charge is 2.08. The Hall–Kier alpha value is -0.0800. The van der Waals surface area contributed by atoms with Crippen molar-refractivity contribution in [1.29, 1.82) is 0 Å². The maximum Gasteiger partial charge on any atom is 0.157 e. The molecule has 2 heteroatoms. The van der Waals surface area contributed by atoms with Gasteiger partial charge in [-0.1, -0.05) is 6.92 Å². The molecule has 0 aromatic heterocycles. The van der Waals surface area contributed by atoms with Gasteiger partial charge in [-0.05, 0) is 19.3 Å². The zero-order chi connectivity index (χ0) is 6.53. The van der Waals surface area contributed by atoms with Crippen LogP contribution < -0.4 is 0 Å². The van der Waals surface area contributed by atoms with Gasteiger partial charge in [-0.25, -0.2) is 0 Å². The molecule has 0 N–H and O–H groups in total. The number of rotatable bonds is 1. The Kier molecular flexibility index (Phi) is 3.01. The lowest BCUT2D eigenvalue weighted by Gasteiger charge is -2.11. The lowest BCUT2D eigenvalue weighted by Crippen LogP contribution is -2.13. The monoisotopic (exact) mass is 130 g/mol. The Morgan fingerprint density at radius 2 is 1.78 bits per heavy atom. The van der Waals surface area contributed by atoms with Crippen molar-refractivity contribution in [3.8, 4) is 0 Å². The summed E-state index contributed by atoms with van der Waals surface area (Å²) in [6.45, 7) is 3.83. The van der Waals surface area contributed by atoms with E-state index < -0.39 is 0 Å². The van der Waals surface area contributed by atoms with Crippen LogP contribution in [0.1, 0.15) is 26.2 Å². The molecule has 54 valence electrons. The highest BCUT2D eigenvalue weighted by molar-refractivity contribution is 4.47. The molecular formula is C7H14O2. The molecule has 1 saturated heterocycles. The summed E-state index contributed by atoms with van der Waals surface area (Å²) in [4.78, 5) is 0. The van der Waals surface area contributed by atoms with E-state index in [0.29, 0.717) is 0 Å². The molecule has 0 saturated carbocycles. The van der Waals surface area contributed by atoms with Crippen molar-refractivity contribution in [3.63, 3.8) is 0 Å². The van der Waals surface area contributed by atoms with Crippen molar-refractivity contribution in [1.82, 2.24) is 0 Å². The molecule has 1 aliphatic rings. The van der Waals surface area contributed by atoms with Gasteiger partial charge in [-0.2, -0.15) is 0 Å². The van der Waals surface area contributed by atoms with Gasteiger partial charge in [0.1, 0.15) is 0 Å². The fourth-order valence-corrected chi connectivity index (χ4v) is 0.917. The van der Waals surface area contributed by atoms with Crippen LogP contribution in [0.15, 0.2) is 0 Å². The van der Waals surface area contributed by atoms with Crippen LogP contribution >= 0.6 is 0 Å². The summed E-state index contributed by atoms with van der Waals surface area (Å²) < 4.78 is 10.7. The first-order valence-electron chi connectivity index (χ1n) is 3.66. The van der Waals surface area contributed by atoms with Crippen LogP contribution in [0.4, 0.5) is 0 Å². The van der Waals surface area contributed by atoms with E-state index in [4.69, 9.17) is 9.47 Å². The van der Waals surface area contributed by atoms with Crippen LogP contribution in [0.25, 0.3) is 0 Å². The second kappa shape index (κ2) is 3.85. The molecule has 0 spiro atoms. The molecule has 1 aliphatic heterocycles. The van der Waals surface area contributed by atoms with E-state index >= 15 is 0 Å². The molecule has 9 heavy (non-hydrogen) atoms. The molecule has 1 fully saturated rings. The van der Waals surface area contributed by atoms with Crippen molar-refractivity contribution in [3.05, 3.63) is 0 Å². The Balaban J connectivity index is 2.18. The summed E-state index contributed by atoms with van der Waals surface area (Å²) in [7, 11) is 0. The highest BCUT2D eigenvalue weighted by Crippen LogP contribution is 2.07. The van der Waals surface area contributed by atoms with Gasteiger partial charge in [0.05, 0.1) is 0 Å². The molecular weight excluding hydrogens is 116 g/mol. The molecule has 0 radical (unpaired) electrons. The topological polar surface area (TPSA) is 18.5 Å². The quantitative estimate of drug-likeness (QED) is 0.536. The molecule has 0 aliphatic carbocycles. The Labute approximate surface area is 56.2 Å². The third kappa shape index (κ3) is 2.33. The summed E-state index contributed by atoms with van der Waals surface area (Å²) in [6, 6.07) is 0. The molecule has 0 bridgehead atoms. The van der Waals surface area contributed by atoms with Gasteiger partial charge in [0.2, 0.25) is 0 Å². The van der Waals surface area contributed by atoms with Gasteiger partial charge in [-0.15, -0.1) is 0 Å². The van der Waals surface area contributed by atoms with E-state index in [-0.39, 0.29) is 6.29 Å². The summed E-state index contributed by atoms with van der Waals surface area (Å²) in [5, 5.41) is 0. The SMILES string of the molecule is CCC1OCCCCO1. The minimum Gasteiger partial charge on any atom is -0.353 e. The van der Waals surface area contributed by atoms with Gasteiger partial charge in [-0.3, -0.25) is 0 Å². The van der Waals surface area contributed by atoms with Crippen LogP contribution in [-0.4, -0.2) is 19.5 Å². The van der Waals surface area contributed by atoms with Gasteiger partial charge < -0.3 is 9.47 Å². The molecule has 0 atom stereocenters. The molecule has 0 aromatic rings. The first-order valence-corrected chi connectivity index (χ1v) is 3.66. The van der Waals surface area contributed by atoms with Crippen LogP contribution in [-0.2, 0) is 9.47 Å². The fraction of sp³-hybridized carbons (Fsp3) is 1.00. The van der Waals surface area contributed by atoms with E-state index in [1.807, 2.05) is 0 Å². The highest BCUT2D eigenvalue weighted by atomic mass is 16.7. The molecule has 0 amide bonds. The van der Waals surface area contributed by atoms with Gasteiger partial charge in [0.15, 0.2) is 6.29 Å². The summed E-state index contributed by atoms with van der Waals surface area (Å²) in [5.74, 6) is 0. The number of hydrogen-bond acceptors (Lipinski definition) is 2. The van der Waals surface area contributed by atoms with E-state index in [1.165, 1.54) is 0 Å². The van der Waals surface area contributed by atoms with Crippen LogP contribution in [0.5, 0.6) is 0 Å². The summed E-state index contributed by atoms with van der Waals surface area (Å²) >= 11 is 0. The van der Waals surface area contributed by atoms with Gasteiger partial charge in [0, 0.05) is 13.2 Å². The Morgan fingerprint density at radius 1 is 1.22 bits per heavy atom. The lowest BCUT2D eigenvalue weighted by atomic mass is 10.3. The second-order valence-electron chi connectivity index (χ2n) is 2.29. The maximum atomic E-state index is 5.33. The third-order valence-corrected chi connectivity index (χ3v) is 1.48. The summed E-state index contributed by atoms with van der Waals surface area (Å²) in [5.41, 5.74) is 0. The molecule has 2 nitrogen and oxygen atoms in total. The van der Waals surface area contributed by atoms with Crippen LogP contribution in [0.2, 0.25) is 0 Å². The van der Waals surface area contributed by atoms with Crippen LogP contribution in [0, 0.1) is 0 Å². The minimum atomic E-state index is 0.0764. The zero-order valence-electron chi connectivity index (χ0n) is 5.93. The standard InChI is InChI=1S/C7H14O2/c1-2-7-8-5-3-4-6-9-7/h7H,2-6H2,1H3. The Morgan fingerprint density at radius 3 is 2.22 bits per heavy atom. The predicted octanol–water partition coefficient (Wildman–Crippen LogP) is 1.55. The summed E-state index contributed by atoms with van der Waals surface area (Å²) in [6.07, 6.45) is 3.35. The van der Waals surface area contributed by atoms with Gasteiger partial charge in [0.25, 0.3) is 0 Å². The van der Waals surface area contributed by atoms with E-state index in [0.717, 1.165) is 32.5 Å². The smallest absolute Gasteiger partial charge is 0.157 e. The van der Waals surface area contributed by atoms with Crippen molar-refractivity contribution < 1.29 is 9.47 Å². The molecule has 1 heterocycles. The minimum absolute atomic E-state index is 0.0764. The normalized spacial score (nSPS) is 23.7. The average molecular weight is 130 g/mol. The second-order valence-corrected chi connectivity index (χ2v) is 2.29. The Bertz CT molecular complexity index is 65.3. The number of hydrogen-bond donors (Lipinski definition) is 0. The van der Waals surface area contributed by atoms with Crippen LogP contribution in [0.3, 0.4) is 0 Å². The molecule has 0 aromatic carbocycles. The van der Waals surface area contributed by atoms with E-state index in [2.05, 4.69) is 6.92 Å². The molecule has 1 rings (SSSR count). The average Bonchev–Trinajstić information content (AvgIpc) is 2.13. The lowest BCUT2D eigenvalue weighted by molar-refractivity contribution is -0.126. The van der Waals surface area contributed by atoms with E-state index in [9.17, 15) is 0 Å². The number of ether oxygens (including phenoxy) is 2. The maximum absolute atomic E-state index is 5.33. The van der Waals surface area contributed by atoms with Gasteiger partial charge >= 0.3 is 0 Å². The fourth-order valence-electron chi connectivity index (χ4n) is 0.917. The molecule has 0 unspecified atom stereocenters. The first kappa shape index (κ1) is 7.03.